The molecule has 0 aliphatic carbocycles. The average Bonchev–Trinajstić information content (AvgIpc) is 2.97. The maximum atomic E-state index is 11.9. The summed E-state index contributed by atoms with van der Waals surface area (Å²) in [6, 6.07) is 8.59. The molecule has 0 N–H and O–H groups in total. The van der Waals surface area contributed by atoms with Crippen LogP contribution in [-0.4, -0.2) is 49.3 Å². The van der Waals surface area contributed by atoms with Crippen LogP contribution >= 0.6 is 0 Å². The van der Waals surface area contributed by atoms with Crippen LogP contribution in [0.1, 0.15) is 105 Å². The van der Waals surface area contributed by atoms with Gasteiger partial charge < -0.3 is 19.1 Å². The van der Waals surface area contributed by atoms with E-state index in [0.717, 1.165) is 83.5 Å². The van der Waals surface area contributed by atoms with Crippen molar-refractivity contribution in [3.05, 3.63) is 58.3 Å². The number of hydrogen-bond donors (Lipinski definition) is 0. The SMILES string of the molecule is CCOC(=O)CCCCN1c2cc3c(cc2C(C)=CC1(C)C)N=c1cc2c(cc1O3)=[N+](CCCCC(=O)OCC)C(C)(C)C=C2C. The van der Waals surface area contributed by atoms with Crippen LogP contribution in [0, 0.1) is 0 Å². The van der Waals surface area contributed by atoms with Crippen LogP contribution in [-0.2, 0) is 19.1 Å². The lowest BCUT2D eigenvalue weighted by atomic mass is 9.88. The monoisotopic (exact) mass is 628 g/mol. The Kier molecular flexibility index (Phi) is 9.75. The van der Waals surface area contributed by atoms with E-state index >= 15 is 0 Å². The van der Waals surface area contributed by atoms with Crippen LogP contribution in [0.2, 0.25) is 0 Å². The van der Waals surface area contributed by atoms with Crippen molar-refractivity contribution in [2.45, 2.75) is 105 Å². The first-order chi connectivity index (χ1) is 21.8. The van der Waals surface area contributed by atoms with Gasteiger partial charge in [0.15, 0.2) is 17.0 Å². The molecule has 2 aromatic rings. The van der Waals surface area contributed by atoms with Crippen molar-refractivity contribution in [1.82, 2.24) is 4.58 Å². The Morgan fingerprint density at radius 1 is 0.826 bits per heavy atom. The Morgan fingerprint density at radius 3 is 2.15 bits per heavy atom. The van der Waals surface area contributed by atoms with Crippen molar-refractivity contribution in [3.8, 4) is 11.5 Å². The Bertz CT molecular complexity index is 1720. The molecule has 0 aromatic heterocycles. The van der Waals surface area contributed by atoms with Gasteiger partial charge in [0, 0.05) is 57.0 Å². The van der Waals surface area contributed by atoms with Gasteiger partial charge in [0.25, 0.3) is 0 Å². The van der Waals surface area contributed by atoms with Gasteiger partial charge in [0.1, 0.15) is 17.6 Å². The number of anilines is 1. The van der Waals surface area contributed by atoms with Crippen LogP contribution in [0.15, 0.2) is 41.4 Å². The molecule has 0 radical (unpaired) electrons. The molecule has 3 aliphatic rings. The summed E-state index contributed by atoms with van der Waals surface area (Å²) in [7, 11) is 0. The zero-order valence-electron chi connectivity index (χ0n) is 28.9. The minimum Gasteiger partial charge on any atom is -0.466 e. The van der Waals surface area contributed by atoms with Gasteiger partial charge in [-0.2, -0.15) is 0 Å². The molecular weight excluding hydrogens is 578 g/mol. The topological polar surface area (TPSA) is 80.4 Å². The highest BCUT2D eigenvalue weighted by Gasteiger charge is 2.35. The summed E-state index contributed by atoms with van der Waals surface area (Å²) in [5.74, 6) is 1.23. The van der Waals surface area contributed by atoms with E-state index in [1.165, 1.54) is 11.1 Å². The van der Waals surface area contributed by atoms with Crippen LogP contribution in [0.25, 0.3) is 11.1 Å². The highest BCUT2D eigenvalue weighted by molar-refractivity contribution is 5.85. The lowest BCUT2D eigenvalue weighted by Crippen LogP contribution is -2.49. The van der Waals surface area contributed by atoms with Gasteiger partial charge in [-0.3, -0.25) is 9.59 Å². The molecular formula is C38H50N3O5+. The Labute approximate surface area is 273 Å². The number of benzene rings is 2. The number of fused-ring (bicyclic) bond motifs is 4. The van der Waals surface area contributed by atoms with Gasteiger partial charge in [-0.25, -0.2) is 9.57 Å². The Morgan fingerprint density at radius 2 is 1.48 bits per heavy atom. The Balaban J connectivity index is 1.47. The van der Waals surface area contributed by atoms with E-state index in [-0.39, 0.29) is 23.0 Å². The molecule has 5 rings (SSSR count). The van der Waals surface area contributed by atoms with Gasteiger partial charge in [-0.1, -0.05) is 6.08 Å². The second-order valence-electron chi connectivity index (χ2n) is 13.7. The predicted octanol–water partition coefficient (Wildman–Crippen LogP) is 6.90. The largest absolute Gasteiger partial charge is 0.466 e. The number of carbonyl (C=O) groups excluding carboxylic acids is 2. The summed E-state index contributed by atoms with van der Waals surface area (Å²) >= 11 is 0. The zero-order valence-corrected chi connectivity index (χ0v) is 28.9. The van der Waals surface area contributed by atoms with Gasteiger partial charge >= 0.3 is 11.9 Å². The van der Waals surface area contributed by atoms with Gasteiger partial charge in [0.2, 0.25) is 5.36 Å². The van der Waals surface area contributed by atoms with Crippen LogP contribution in [0.4, 0.5) is 11.4 Å². The summed E-state index contributed by atoms with van der Waals surface area (Å²) in [4.78, 5) is 31.3. The first kappa shape index (κ1) is 33.4. The molecule has 0 saturated carbocycles. The van der Waals surface area contributed by atoms with E-state index in [4.69, 9.17) is 19.2 Å². The smallest absolute Gasteiger partial charge is 0.305 e. The number of ether oxygens (including phenoxy) is 3. The van der Waals surface area contributed by atoms with Crippen molar-refractivity contribution in [2.24, 2.45) is 4.99 Å². The molecule has 8 nitrogen and oxygen atoms in total. The summed E-state index contributed by atoms with van der Waals surface area (Å²) in [5, 5.41) is 1.95. The molecule has 0 bridgehead atoms. The van der Waals surface area contributed by atoms with Crippen molar-refractivity contribution in [1.29, 1.82) is 0 Å². The fraction of sp³-hybridized carbons (Fsp3) is 0.526. The van der Waals surface area contributed by atoms with E-state index < -0.39 is 0 Å². The lowest BCUT2D eigenvalue weighted by Gasteiger charge is -2.43. The molecule has 0 atom stereocenters. The predicted molar refractivity (Wildman–Crippen MR) is 183 cm³/mol. The lowest BCUT2D eigenvalue weighted by molar-refractivity contribution is -0.144. The summed E-state index contributed by atoms with van der Waals surface area (Å²) in [5.41, 5.74) is 6.32. The van der Waals surface area contributed by atoms with Crippen molar-refractivity contribution in [2.75, 3.05) is 31.2 Å². The third-order valence-electron chi connectivity index (χ3n) is 9.21. The normalized spacial score (nSPS) is 16.9. The number of carbonyl (C=O) groups is 2. The second-order valence-corrected chi connectivity index (χ2v) is 13.7. The van der Waals surface area contributed by atoms with E-state index in [1.54, 1.807) is 0 Å². The minimum atomic E-state index is -0.193. The number of esters is 2. The summed E-state index contributed by atoms with van der Waals surface area (Å²) in [6.45, 7) is 19.4. The quantitative estimate of drug-likeness (QED) is 0.123. The molecule has 0 unspecified atom stereocenters. The molecule has 2 aromatic carbocycles. The minimum absolute atomic E-state index is 0.134. The highest BCUT2D eigenvalue weighted by atomic mass is 16.5. The first-order valence-electron chi connectivity index (χ1n) is 16.9. The van der Waals surface area contributed by atoms with Gasteiger partial charge in [-0.15, -0.1) is 0 Å². The highest BCUT2D eigenvalue weighted by Crippen LogP contribution is 2.46. The van der Waals surface area contributed by atoms with Crippen LogP contribution in [0.3, 0.4) is 0 Å². The fourth-order valence-corrected chi connectivity index (χ4v) is 7.13. The third-order valence-corrected chi connectivity index (χ3v) is 9.21. The maximum absolute atomic E-state index is 11.9. The van der Waals surface area contributed by atoms with Crippen molar-refractivity contribution < 1.29 is 23.8 Å². The molecule has 0 fully saturated rings. The number of hydrogen-bond acceptors (Lipinski definition) is 7. The Hall–Kier alpha value is -3.94. The average molecular weight is 629 g/mol. The number of allylic oxidation sites excluding steroid dienone is 2. The molecule has 8 heteroatoms. The summed E-state index contributed by atoms with van der Waals surface area (Å²) < 4.78 is 19.3. The number of unbranched alkanes of at least 4 members (excludes halogenated alkanes) is 2. The third kappa shape index (κ3) is 6.91. The van der Waals surface area contributed by atoms with Gasteiger partial charge in [0.05, 0.1) is 30.4 Å². The van der Waals surface area contributed by atoms with Crippen molar-refractivity contribution in [3.63, 3.8) is 0 Å². The van der Waals surface area contributed by atoms with E-state index in [1.807, 2.05) is 13.8 Å². The van der Waals surface area contributed by atoms with E-state index in [0.29, 0.717) is 26.1 Å². The van der Waals surface area contributed by atoms with Crippen LogP contribution < -0.4 is 24.9 Å². The molecule has 246 valence electrons. The van der Waals surface area contributed by atoms with E-state index in [9.17, 15) is 9.59 Å². The van der Waals surface area contributed by atoms with Gasteiger partial charge in [-0.05, 0) is 90.2 Å². The zero-order chi connectivity index (χ0) is 33.2. The molecule has 3 aliphatic heterocycles. The molecule has 3 heterocycles. The molecule has 0 amide bonds. The standard InChI is InChI=1S/C38H50N3O5/c1-9-44-35(42)15-11-13-17-40-31-21-33-29(19-27(31)25(3)23-37(40,5)6)39-30-20-28-26(4)24-38(7,8)41(32(28)22-34(30)46-33)18-14-12-16-36(43)45-10-2/h19-24H,9-18H2,1-8H3/q+1. The molecule has 0 saturated heterocycles. The van der Waals surface area contributed by atoms with Crippen LogP contribution in [0.5, 0.6) is 11.5 Å². The fourth-order valence-electron chi connectivity index (χ4n) is 7.13. The summed E-state index contributed by atoms with van der Waals surface area (Å²) in [6.07, 6.45) is 8.82. The molecule has 0 spiro atoms. The maximum Gasteiger partial charge on any atom is 0.305 e. The van der Waals surface area contributed by atoms with Crippen molar-refractivity contribution >= 4 is 34.5 Å². The number of nitrogens with zero attached hydrogens (tertiary/aromatic N) is 3. The molecule has 46 heavy (non-hydrogen) atoms. The van der Waals surface area contributed by atoms with E-state index in [2.05, 4.69) is 87.4 Å². The second kappa shape index (κ2) is 13.4. The number of rotatable bonds is 12. The first-order valence-corrected chi connectivity index (χ1v) is 16.9.